The summed E-state index contributed by atoms with van der Waals surface area (Å²) in [5.41, 5.74) is 0.299. The first kappa shape index (κ1) is 14.5. The molecule has 0 aliphatic rings. The molecule has 2 nitrogen and oxygen atoms in total. The number of carbonyl (C=O) groups excluding carboxylic acids is 1. The van der Waals surface area contributed by atoms with Crippen molar-refractivity contribution in [1.29, 1.82) is 0 Å². The highest BCUT2D eigenvalue weighted by Crippen LogP contribution is 2.21. The highest BCUT2D eigenvalue weighted by Gasteiger charge is 2.26. The molecule has 0 radical (unpaired) electrons. The Labute approximate surface area is 113 Å². The number of hydrogen-bond donors (Lipinski definition) is 1. The van der Waals surface area contributed by atoms with Gasteiger partial charge in [-0.05, 0) is 18.2 Å². The van der Waals surface area contributed by atoms with E-state index in [9.17, 15) is 18.0 Å². The normalized spacial score (nSPS) is 11.4. The Morgan fingerprint density at radius 1 is 1.18 bits per heavy atom. The van der Waals surface area contributed by atoms with Crippen LogP contribution in [0.2, 0.25) is 0 Å². The molecular formula is C10H8Br2F3NO. The molecule has 0 fully saturated rings. The first-order valence-electron chi connectivity index (χ1n) is 4.59. The van der Waals surface area contributed by atoms with Gasteiger partial charge >= 0.3 is 6.18 Å². The number of rotatable bonds is 3. The van der Waals surface area contributed by atoms with Gasteiger partial charge in [0.15, 0.2) is 0 Å². The van der Waals surface area contributed by atoms with Gasteiger partial charge in [0.1, 0.15) is 0 Å². The van der Waals surface area contributed by atoms with E-state index in [1.165, 1.54) is 12.1 Å². The summed E-state index contributed by atoms with van der Waals surface area (Å²) in [6.07, 6.45) is -5.29. The van der Waals surface area contributed by atoms with Crippen LogP contribution in [0.1, 0.15) is 16.8 Å². The fourth-order valence-electron chi connectivity index (χ4n) is 1.10. The van der Waals surface area contributed by atoms with Crippen LogP contribution in [0.4, 0.5) is 13.2 Å². The van der Waals surface area contributed by atoms with Gasteiger partial charge in [-0.15, -0.1) is 0 Å². The molecule has 94 valence electrons. The highest BCUT2D eigenvalue weighted by atomic mass is 79.9. The van der Waals surface area contributed by atoms with E-state index in [2.05, 4.69) is 37.2 Å². The Bertz CT molecular complexity index is 400. The van der Waals surface area contributed by atoms with E-state index < -0.39 is 25.0 Å². The minimum atomic E-state index is -4.26. The van der Waals surface area contributed by atoms with E-state index in [1.54, 1.807) is 6.07 Å². The Kier molecular flexibility index (Phi) is 5.00. The number of benzene rings is 1. The Hall–Kier alpha value is -0.560. The van der Waals surface area contributed by atoms with Crippen LogP contribution >= 0.6 is 31.9 Å². The second-order valence-electron chi connectivity index (χ2n) is 3.28. The molecule has 7 heteroatoms. The number of carbonyl (C=O) groups is 1. The zero-order valence-electron chi connectivity index (χ0n) is 8.44. The number of halogens is 5. The lowest BCUT2D eigenvalue weighted by Crippen LogP contribution is -2.27. The summed E-state index contributed by atoms with van der Waals surface area (Å²) in [6.45, 7) is -0.424. The van der Waals surface area contributed by atoms with Crippen molar-refractivity contribution in [2.45, 2.75) is 12.6 Å². The maximum Gasteiger partial charge on any atom is 0.390 e. The minimum Gasteiger partial charge on any atom is -0.352 e. The third-order valence-corrected chi connectivity index (χ3v) is 2.73. The van der Waals surface area contributed by atoms with Gasteiger partial charge in [0, 0.05) is 21.1 Å². The van der Waals surface area contributed by atoms with Gasteiger partial charge in [-0.2, -0.15) is 13.2 Å². The molecule has 0 saturated heterocycles. The van der Waals surface area contributed by atoms with Gasteiger partial charge in [0.25, 0.3) is 5.91 Å². The molecule has 1 amide bonds. The quantitative estimate of drug-likeness (QED) is 0.854. The molecule has 0 unspecified atom stereocenters. The molecule has 1 aromatic carbocycles. The van der Waals surface area contributed by atoms with Crippen LogP contribution in [0.5, 0.6) is 0 Å². The van der Waals surface area contributed by atoms with Gasteiger partial charge < -0.3 is 5.32 Å². The molecule has 0 aliphatic carbocycles. The van der Waals surface area contributed by atoms with Crippen molar-refractivity contribution in [2.24, 2.45) is 0 Å². The van der Waals surface area contributed by atoms with E-state index in [-0.39, 0.29) is 0 Å². The van der Waals surface area contributed by atoms with E-state index in [1.807, 2.05) is 0 Å². The molecule has 0 heterocycles. The summed E-state index contributed by atoms with van der Waals surface area (Å²) in [7, 11) is 0. The zero-order chi connectivity index (χ0) is 13.1. The van der Waals surface area contributed by atoms with Gasteiger partial charge in [0.05, 0.1) is 6.42 Å². The fourth-order valence-corrected chi connectivity index (χ4v) is 2.40. The van der Waals surface area contributed by atoms with E-state index in [4.69, 9.17) is 0 Å². The van der Waals surface area contributed by atoms with E-state index in [0.717, 1.165) is 0 Å². The SMILES string of the molecule is O=C(NCCC(F)(F)F)c1cc(Br)cc(Br)c1. The van der Waals surface area contributed by atoms with Crippen LogP contribution in [0.25, 0.3) is 0 Å². The average molecular weight is 375 g/mol. The lowest BCUT2D eigenvalue weighted by atomic mass is 10.2. The van der Waals surface area contributed by atoms with E-state index >= 15 is 0 Å². The molecule has 1 rings (SSSR count). The van der Waals surface area contributed by atoms with Gasteiger partial charge in [-0.3, -0.25) is 4.79 Å². The molecule has 0 aliphatic heterocycles. The number of alkyl halides is 3. The van der Waals surface area contributed by atoms with Crippen molar-refractivity contribution in [3.8, 4) is 0 Å². The molecular weight excluding hydrogens is 367 g/mol. The predicted molar refractivity (Wildman–Crippen MR) is 64.8 cm³/mol. The second-order valence-corrected chi connectivity index (χ2v) is 5.11. The van der Waals surface area contributed by atoms with Crippen LogP contribution in [-0.2, 0) is 0 Å². The summed E-state index contributed by atoms with van der Waals surface area (Å²) in [6, 6.07) is 4.80. The van der Waals surface area contributed by atoms with Gasteiger partial charge in [-0.25, -0.2) is 0 Å². The van der Waals surface area contributed by atoms with Crippen molar-refractivity contribution in [3.63, 3.8) is 0 Å². The fraction of sp³-hybridized carbons (Fsp3) is 0.300. The lowest BCUT2D eigenvalue weighted by molar-refractivity contribution is -0.132. The largest absolute Gasteiger partial charge is 0.390 e. The summed E-state index contributed by atoms with van der Waals surface area (Å²) >= 11 is 6.38. The predicted octanol–water partition coefficient (Wildman–Crippen LogP) is 3.89. The summed E-state index contributed by atoms with van der Waals surface area (Å²) in [5.74, 6) is -0.531. The lowest BCUT2D eigenvalue weighted by Gasteiger charge is -2.08. The second kappa shape index (κ2) is 5.86. The molecule has 0 spiro atoms. The number of amides is 1. The first-order chi connectivity index (χ1) is 7.78. The molecule has 0 atom stereocenters. The van der Waals surface area contributed by atoms with Crippen molar-refractivity contribution in [3.05, 3.63) is 32.7 Å². The standard InChI is InChI=1S/C10H8Br2F3NO/c11-7-3-6(4-8(12)5-7)9(17)16-2-1-10(13,14)15/h3-5H,1-2H2,(H,16,17). The summed E-state index contributed by atoms with van der Waals surface area (Å²) in [5, 5.41) is 2.21. The Morgan fingerprint density at radius 2 is 1.71 bits per heavy atom. The highest BCUT2D eigenvalue weighted by molar-refractivity contribution is 9.11. The minimum absolute atomic E-state index is 0.299. The molecule has 0 bridgehead atoms. The maximum absolute atomic E-state index is 11.9. The van der Waals surface area contributed by atoms with Crippen LogP contribution < -0.4 is 5.32 Å². The van der Waals surface area contributed by atoms with Crippen molar-refractivity contribution < 1.29 is 18.0 Å². The van der Waals surface area contributed by atoms with Crippen molar-refractivity contribution in [2.75, 3.05) is 6.54 Å². The smallest absolute Gasteiger partial charge is 0.352 e. The van der Waals surface area contributed by atoms with Gasteiger partial charge in [-0.1, -0.05) is 31.9 Å². The van der Waals surface area contributed by atoms with Gasteiger partial charge in [0.2, 0.25) is 0 Å². The monoisotopic (exact) mass is 373 g/mol. The topological polar surface area (TPSA) is 29.1 Å². The molecule has 1 aromatic rings. The van der Waals surface area contributed by atoms with Crippen LogP contribution in [-0.4, -0.2) is 18.6 Å². The van der Waals surface area contributed by atoms with Crippen LogP contribution in [0.3, 0.4) is 0 Å². The zero-order valence-corrected chi connectivity index (χ0v) is 11.6. The Morgan fingerprint density at radius 3 is 2.18 bits per heavy atom. The maximum atomic E-state index is 11.9. The third-order valence-electron chi connectivity index (χ3n) is 1.82. The number of nitrogens with one attached hydrogen (secondary N) is 1. The third kappa shape index (κ3) is 5.54. The van der Waals surface area contributed by atoms with Crippen molar-refractivity contribution >= 4 is 37.8 Å². The summed E-state index contributed by atoms with van der Waals surface area (Å²) < 4.78 is 37.0. The first-order valence-corrected chi connectivity index (χ1v) is 6.17. The molecule has 1 N–H and O–H groups in total. The Balaban J connectivity index is 2.58. The summed E-state index contributed by atoms with van der Waals surface area (Å²) in [4.78, 5) is 11.5. The van der Waals surface area contributed by atoms with Crippen molar-refractivity contribution in [1.82, 2.24) is 5.32 Å². The van der Waals surface area contributed by atoms with E-state index in [0.29, 0.717) is 14.5 Å². The van der Waals surface area contributed by atoms with Crippen LogP contribution in [0.15, 0.2) is 27.1 Å². The molecule has 0 saturated carbocycles. The molecule has 0 aromatic heterocycles. The average Bonchev–Trinajstić information content (AvgIpc) is 2.13. The number of hydrogen-bond acceptors (Lipinski definition) is 1. The molecule has 17 heavy (non-hydrogen) atoms. The van der Waals surface area contributed by atoms with Crippen LogP contribution in [0, 0.1) is 0 Å².